The quantitative estimate of drug-likeness (QED) is 0.655. The lowest BCUT2D eigenvalue weighted by Gasteiger charge is -2.42. The standard InChI is InChI=1S/C23H28FNO2S/c1-18-16-23(14-6-2-3-7-15-23)25(17-19-8-4-5-9-22(18)19)28(26,27)21-12-10-20(24)11-13-21/h4-5,8-13,18H,2-3,6-7,14-17H2,1H3. The molecule has 2 aromatic rings. The molecule has 0 aromatic heterocycles. The van der Waals surface area contributed by atoms with Gasteiger partial charge in [0.25, 0.3) is 0 Å². The van der Waals surface area contributed by atoms with E-state index >= 15 is 0 Å². The first kappa shape index (κ1) is 19.6. The van der Waals surface area contributed by atoms with Crippen LogP contribution in [0.15, 0.2) is 53.4 Å². The van der Waals surface area contributed by atoms with E-state index in [0.717, 1.165) is 50.5 Å². The summed E-state index contributed by atoms with van der Waals surface area (Å²) in [5.41, 5.74) is 1.96. The van der Waals surface area contributed by atoms with E-state index in [2.05, 4.69) is 19.1 Å². The molecule has 28 heavy (non-hydrogen) atoms. The average Bonchev–Trinajstić information content (AvgIpc) is 2.98. The van der Waals surface area contributed by atoms with Crippen LogP contribution >= 0.6 is 0 Å². The van der Waals surface area contributed by atoms with Crippen molar-refractivity contribution in [2.45, 2.75) is 74.8 Å². The van der Waals surface area contributed by atoms with Crippen LogP contribution in [0.1, 0.15) is 68.9 Å². The van der Waals surface area contributed by atoms with E-state index < -0.39 is 15.8 Å². The lowest BCUT2D eigenvalue weighted by atomic mass is 9.80. The Balaban J connectivity index is 1.85. The molecular weight excluding hydrogens is 373 g/mol. The summed E-state index contributed by atoms with van der Waals surface area (Å²) in [5.74, 6) is -0.110. The van der Waals surface area contributed by atoms with Crippen LogP contribution in [-0.2, 0) is 16.6 Å². The maximum absolute atomic E-state index is 13.8. The lowest BCUT2D eigenvalue weighted by Crippen LogP contribution is -2.50. The molecule has 1 unspecified atom stereocenters. The average molecular weight is 402 g/mol. The maximum Gasteiger partial charge on any atom is 0.243 e. The predicted molar refractivity (Wildman–Crippen MR) is 109 cm³/mol. The molecule has 150 valence electrons. The van der Waals surface area contributed by atoms with Crippen LogP contribution in [-0.4, -0.2) is 18.3 Å². The lowest BCUT2D eigenvalue weighted by molar-refractivity contribution is 0.140. The van der Waals surface area contributed by atoms with Gasteiger partial charge in [-0.25, -0.2) is 12.8 Å². The summed E-state index contributed by atoms with van der Waals surface area (Å²) >= 11 is 0. The van der Waals surface area contributed by atoms with Gasteiger partial charge < -0.3 is 0 Å². The third kappa shape index (κ3) is 3.50. The molecule has 0 bridgehead atoms. The van der Waals surface area contributed by atoms with E-state index in [1.54, 1.807) is 4.31 Å². The van der Waals surface area contributed by atoms with Crippen LogP contribution in [0.3, 0.4) is 0 Å². The zero-order valence-electron chi connectivity index (χ0n) is 16.4. The van der Waals surface area contributed by atoms with Crippen LogP contribution < -0.4 is 0 Å². The Kier molecular flexibility index (Phi) is 5.32. The molecule has 0 saturated heterocycles. The van der Waals surface area contributed by atoms with Crippen LogP contribution in [0.25, 0.3) is 0 Å². The highest BCUT2D eigenvalue weighted by Crippen LogP contribution is 2.46. The molecule has 1 aliphatic carbocycles. The summed E-state index contributed by atoms with van der Waals surface area (Å²) in [4.78, 5) is 0.185. The fraction of sp³-hybridized carbons (Fsp3) is 0.478. The van der Waals surface area contributed by atoms with Gasteiger partial charge in [0, 0.05) is 12.1 Å². The molecule has 1 saturated carbocycles. The van der Waals surface area contributed by atoms with Gasteiger partial charge in [0.1, 0.15) is 5.82 Å². The number of halogens is 1. The van der Waals surface area contributed by atoms with Crippen molar-refractivity contribution >= 4 is 10.0 Å². The zero-order valence-corrected chi connectivity index (χ0v) is 17.2. The fourth-order valence-corrected chi connectivity index (χ4v) is 6.99. The summed E-state index contributed by atoms with van der Waals surface area (Å²) in [5, 5.41) is 0. The molecule has 1 atom stereocenters. The van der Waals surface area contributed by atoms with Crippen molar-refractivity contribution in [3.8, 4) is 0 Å². The third-order valence-corrected chi connectivity index (χ3v) is 8.52. The normalized spacial score (nSPS) is 23.0. The van der Waals surface area contributed by atoms with E-state index in [4.69, 9.17) is 0 Å². The molecular formula is C23H28FNO2S. The van der Waals surface area contributed by atoms with Crippen molar-refractivity contribution in [3.63, 3.8) is 0 Å². The predicted octanol–water partition coefficient (Wildman–Crippen LogP) is 5.62. The first-order valence-electron chi connectivity index (χ1n) is 10.3. The summed E-state index contributed by atoms with van der Waals surface area (Å²) in [6, 6.07) is 13.5. The first-order valence-corrected chi connectivity index (χ1v) is 11.7. The maximum atomic E-state index is 13.8. The Labute approximate surface area is 167 Å². The highest BCUT2D eigenvalue weighted by Gasteiger charge is 2.46. The summed E-state index contributed by atoms with van der Waals surface area (Å²) in [6.07, 6.45) is 7.06. The number of rotatable bonds is 2. The van der Waals surface area contributed by atoms with Gasteiger partial charge >= 0.3 is 0 Å². The van der Waals surface area contributed by atoms with E-state index in [-0.39, 0.29) is 10.4 Å². The number of fused-ring (bicyclic) bond motifs is 1. The minimum Gasteiger partial charge on any atom is -0.207 e. The van der Waals surface area contributed by atoms with Gasteiger partial charge in [0.2, 0.25) is 10.0 Å². The molecule has 1 heterocycles. The molecule has 1 spiro atoms. The monoisotopic (exact) mass is 401 g/mol. The Morgan fingerprint density at radius 1 is 0.964 bits per heavy atom. The number of sulfonamides is 1. The Morgan fingerprint density at radius 2 is 1.61 bits per heavy atom. The second kappa shape index (κ2) is 7.60. The molecule has 0 N–H and O–H groups in total. The molecule has 1 aliphatic heterocycles. The van der Waals surface area contributed by atoms with Gasteiger partial charge in [-0.1, -0.05) is 56.9 Å². The van der Waals surface area contributed by atoms with Gasteiger partial charge in [-0.05, 0) is 60.6 Å². The molecule has 0 amide bonds. The number of hydrogen-bond donors (Lipinski definition) is 0. The molecule has 1 fully saturated rings. The van der Waals surface area contributed by atoms with Crippen molar-refractivity contribution in [3.05, 3.63) is 65.5 Å². The van der Waals surface area contributed by atoms with Crippen molar-refractivity contribution in [2.24, 2.45) is 0 Å². The van der Waals surface area contributed by atoms with Crippen molar-refractivity contribution in [1.82, 2.24) is 4.31 Å². The Hall–Kier alpha value is -1.72. The number of nitrogens with zero attached hydrogens (tertiary/aromatic N) is 1. The van der Waals surface area contributed by atoms with Crippen molar-refractivity contribution in [1.29, 1.82) is 0 Å². The van der Waals surface area contributed by atoms with Crippen molar-refractivity contribution in [2.75, 3.05) is 0 Å². The number of benzene rings is 2. The SMILES string of the molecule is CC1CC2(CCCCCC2)N(S(=O)(=O)c2ccc(F)cc2)Cc2ccccc21. The van der Waals surface area contributed by atoms with E-state index in [1.807, 2.05) is 12.1 Å². The summed E-state index contributed by atoms with van der Waals surface area (Å²) in [7, 11) is -3.73. The van der Waals surface area contributed by atoms with Crippen LogP contribution in [0.5, 0.6) is 0 Å². The molecule has 2 aromatic carbocycles. The summed E-state index contributed by atoms with van der Waals surface area (Å²) < 4.78 is 42.7. The van der Waals surface area contributed by atoms with Gasteiger partial charge in [-0.15, -0.1) is 0 Å². The fourth-order valence-electron chi connectivity index (χ4n) is 5.18. The third-order valence-electron chi connectivity index (χ3n) is 6.55. The van der Waals surface area contributed by atoms with Crippen LogP contribution in [0.2, 0.25) is 0 Å². The van der Waals surface area contributed by atoms with Gasteiger partial charge in [0.15, 0.2) is 0 Å². The first-order chi connectivity index (χ1) is 13.4. The van der Waals surface area contributed by atoms with Crippen LogP contribution in [0, 0.1) is 5.82 Å². The minimum atomic E-state index is -3.73. The smallest absolute Gasteiger partial charge is 0.207 e. The topological polar surface area (TPSA) is 37.4 Å². The van der Waals surface area contributed by atoms with Gasteiger partial charge in [-0.3, -0.25) is 0 Å². The Morgan fingerprint density at radius 3 is 2.29 bits per heavy atom. The largest absolute Gasteiger partial charge is 0.243 e. The number of hydrogen-bond acceptors (Lipinski definition) is 2. The van der Waals surface area contributed by atoms with Gasteiger partial charge in [-0.2, -0.15) is 4.31 Å². The summed E-state index contributed by atoms with van der Waals surface area (Å²) in [6.45, 7) is 2.61. The zero-order chi connectivity index (χ0) is 19.8. The van der Waals surface area contributed by atoms with E-state index in [0.29, 0.717) is 12.5 Å². The molecule has 2 aliphatic rings. The minimum absolute atomic E-state index is 0.185. The molecule has 4 rings (SSSR count). The highest BCUT2D eigenvalue weighted by molar-refractivity contribution is 7.89. The van der Waals surface area contributed by atoms with Gasteiger partial charge in [0.05, 0.1) is 4.90 Å². The second-order valence-electron chi connectivity index (χ2n) is 8.41. The van der Waals surface area contributed by atoms with E-state index in [9.17, 15) is 12.8 Å². The highest BCUT2D eigenvalue weighted by atomic mass is 32.2. The van der Waals surface area contributed by atoms with Crippen LogP contribution in [0.4, 0.5) is 4.39 Å². The van der Waals surface area contributed by atoms with Crippen molar-refractivity contribution < 1.29 is 12.8 Å². The van der Waals surface area contributed by atoms with E-state index in [1.165, 1.54) is 29.8 Å². The molecule has 5 heteroatoms. The second-order valence-corrected chi connectivity index (χ2v) is 10.3. The molecule has 0 radical (unpaired) electrons. The molecule has 3 nitrogen and oxygen atoms in total. The Bertz CT molecular complexity index is 931.